The lowest BCUT2D eigenvalue weighted by Gasteiger charge is -2.42. The second-order valence-electron chi connectivity index (χ2n) is 20.8. The van der Waals surface area contributed by atoms with E-state index in [4.69, 9.17) is 28.4 Å². The summed E-state index contributed by atoms with van der Waals surface area (Å²) in [7, 11) is 0. The third-order valence-corrected chi connectivity index (χ3v) is 13.9. The van der Waals surface area contributed by atoms with Gasteiger partial charge in [0.25, 0.3) is 0 Å². The van der Waals surface area contributed by atoms with E-state index in [2.05, 4.69) is 86.8 Å². The van der Waals surface area contributed by atoms with E-state index in [1.165, 1.54) is 109 Å². The van der Waals surface area contributed by atoms with Crippen LogP contribution in [-0.2, 0) is 38.0 Å². The predicted octanol–water partition coefficient (Wildman–Crippen LogP) is 10.7. The first kappa shape index (κ1) is 70.8. The Kier molecular flexibility index (Phi) is 43.9. The van der Waals surface area contributed by atoms with E-state index >= 15 is 0 Å². The third kappa shape index (κ3) is 34.7. The molecular weight excluding hydrogens is 997 g/mol. The monoisotopic (exact) mass is 1100 g/mol. The van der Waals surface area contributed by atoms with E-state index in [-0.39, 0.29) is 19.4 Å². The second kappa shape index (κ2) is 48.4. The lowest BCUT2D eigenvalue weighted by molar-refractivity contribution is -0.332. The molecule has 0 bridgehead atoms. The molecule has 15 heteroatoms. The minimum absolute atomic E-state index is 0.0835. The first-order valence-electron chi connectivity index (χ1n) is 30.2. The highest BCUT2D eigenvalue weighted by Crippen LogP contribution is 2.27. The van der Waals surface area contributed by atoms with Crippen LogP contribution in [0.1, 0.15) is 206 Å². The lowest BCUT2D eigenvalue weighted by atomic mass is 9.98. The Morgan fingerprint density at radius 1 is 0.423 bits per heavy atom. The largest absolute Gasteiger partial charge is 0.462 e. The molecule has 2 aliphatic heterocycles. The van der Waals surface area contributed by atoms with Gasteiger partial charge >= 0.3 is 11.9 Å². The van der Waals surface area contributed by atoms with Crippen LogP contribution < -0.4 is 0 Å². The molecule has 0 saturated carbocycles. The summed E-state index contributed by atoms with van der Waals surface area (Å²) in [6, 6.07) is 0. The summed E-state index contributed by atoms with van der Waals surface area (Å²) in [6.07, 6.45) is 44.9. The zero-order valence-corrected chi connectivity index (χ0v) is 47.9. The Balaban J connectivity index is 1.77. The van der Waals surface area contributed by atoms with Gasteiger partial charge in [0.1, 0.15) is 55.4 Å². The molecule has 2 aliphatic rings. The van der Waals surface area contributed by atoms with Crippen LogP contribution in [0.5, 0.6) is 0 Å². The summed E-state index contributed by atoms with van der Waals surface area (Å²) in [5.74, 6) is -1.06. The fraction of sp³-hybridized carbons (Fsp3) is 0.746. The van der Waals surface area contributed by atoms with E-state index in [1.807, 2.05) is 12.2 Å². The lowest BCUT2D eigenvalue weighted by Crippen LogP contribution is -2.61. The Morgan fingerprint density at radius 3 is 1.32 bits per heavy atom. The standard InChI is InChI=1S/C63H106O15/c1-3-5-7-9-11-13-15-17-19-21-23-24-25-26-28-30-32-34-36-38-40-42-44-46-55(66)76-51(48-73-54(65)45-43-41-39-37-35-33-31-29-27-22-20-18-16-14-12-10-8-6-4-2)49-74-62-61(72)59(70)57(68)53(78-62)50-75-63-60(71)58(69)56(67)52(47-64)77-63/h6,8,12,14,18,20,27,29,33,35,38-41,51-53,56-64,67-72H,3-5,7,9-11,13,15-17,19,21-26,28,30-32,34,36-37,42-50H2,1-2H3/b8-6+,14-12+,20-18+,29-27+,35-33+,40-38+,41-39+/t51-,52+,53+,56-,57-,58?,59?,60?,61?,62+,63+/m1/s1. The van der Waals surface area contributed by atoms with Gasteiger partial charge in [-0.3, -0.25) is 9.59 Å². The fourth-order valence-corrected chi connectivity index (χ4v) is 9.01. The summed E-state index contributed by atoms with van der Waals surface area (Å²) in [5.41, 5.74) is 0. The number of unbranched alkanes of at least 4 members (excludes halogenated alkanes) is 19. The molecule has 0 amide bonds. The number of carbonyl (C=O) groups excluding carboxylic acids is 2. The number of esters is 2. The number of aliphatic hydroxyl groups excluding tert-OH is 7. The van der Waals surface area contributed by atoms with Gasteiger partial charge in [-0.2, -0.15) is 0 Å². The minimum Gasteiger partial charge on any atom is -0.462 e. The highest BCUT2D eigenvalue weighted by Gasteiger charge is 2.47. The van der Waals surface area contributed by atoms with E-state index in [1.54, 1.807) is 0 Å². The summed E-state index contributed by atoms with van der Waals surface area (Å²) in [5, 5.41) is 72.3. The topological polar surface area (TPSA) is 231 Å². The molecule has 448 valence electrons. The average Bonchev–Trinajstić information content (AvgIpc) is 3.43. The molecule has 11 atom stereocenters. The number of hydrogen-bond acceptors (Lipinski definition) is 15. The highest BCUT2D eigenvalue weighted by atomic mass is 16.7. The van der Waals surface area contributed by atoms with E-state index in [9.17, 15) is 45.3 Å². The van der Waals surface area contributed by atoms with Crippen LogP contribution in [0.25, 0.3) is 0 Å². The Labute approximate surface area is 469 Å². The van der Waals surface area contributed by atoms with Gasteiger partial charge in [-0.05, 0) is 70.6 Å². The molecule has 2 fully saturated rings. The summed E-state index contributed by atoms with van der Waals surface area (Å²) >= 11 is 0. The van der Waals surface area contributed by atoms with E-state index < -0.39 is 99.3 Å². The number of ether oxygens (including phenoxy) is 6. The van der Waals surface area contributed by atoms with Gasteiger partial charge in [0.15, 0.2) is 18.7 Å². The highest BCUT2D eigenvalue weighted by molar-refractivity contribution is 5.70. The van der Waals surface area contributed by atoms with Crippen molar-refractivity contribution in [1.82, 2.24) is 0 Å². The van der Waals surface area contributed by atoms with Gasteiger partial charge < -0.3 is 64.2 Å². The average molecular weight is 1100 g/mol. The van der Waals surface area contributed by atoms with Crippen molar-refractivity contribution in [3.05, 3.63) is 85.1 Å². The molecular formula is C63H106O15. The first-order chi connectivity index (χ1) is 38.0. The minimum atomic E-state index is -1.79. The smallest absolute Gasteiger partial charge is 0.306 e. The number of aliphatic hydroxyl groups is 7. The molecule has 0 radical (unpaired) electrons. The summed E-state index contributed by atoms with van der Waals surface area (Å²) in [4.78, 5) is 25.9. The molecule has 0 spiro atoms. The zero-order valence-electron chi connectivity index (χ0n) is 47.9. The molecule has 0 aromatic carbocycles. The number of rotatable bonds is 47. The summed E-state index contributed by atoms with van der Waals surface area (Å²) < 4.78 is 33.6. The van der Waals surface area contributed by atoms with Gasteiger partial charge in [0, 0.05) is 12.8 Å². The van der Waals surface area contributed by atoms with Crippen LogP contribution in [0.2, 0.25) is 0 Å². The molecule has 4 unspecified atom stereocenters. The normalized spacial score (nSPS) is 24.6. The van der Waals surface area contributed by atoms with Crippen molar-refractivity contribution in [2.45, 2.75) is 274 Å². The Morgan fingerprint density at radius 2 is 0.833 bits per heavy atom. The summed E-state index contributed by atoms with van der Waals surface area (Å²) in [6.45, 7) is 2.39. The number of carbonyl (C=O) groups is 2. The van der Waals surface area contributed by atoms with Crippen LogP contribution >= 0.6 is 0 Å². The number of allylic oxidation sites excluding steroid dienone is 14. The molecule has 0 aromatic rings. The maximum Gasteiger partial charge on any atom is 0.306 e. The molecule has 78 heavy (non-hydrogen) atoms. The van der Waals surface area contributed by atoms with E-state index in [0.717, 1.165) is 51.4 Å². The van der Waals surface area contributed by atoms with Crippen molar-refractivity contribution in [3.8, 4) is 0 Å². The van der Waals surface area contributed by atoms with Crippen LogP contribution in [0.4, 0.5) is 0 Å². The van der Waals surface area contributed by atoms with Crippen molar-refractivity contribution in [2.75, 3.05) is 26.4 Å². The molecule has 2 heterocycles. The maximum atomic E-state index is 13.1. The molecule has 0 aliphatic carbocycles. The fourth-order valence-electron chi connectivity index (χ4n) is 9.01. The van der Waals surface area contributed by atoms with Crippen LogP contribution in [0.15, 0.2) is 85.1 Å². The van der Waals surface area contributed by atoms with Gasteiger partial charge in [0.2, 0.25) is 0 Å². The maximum absolute atomic E-state index is 13.1. The van der Waals surface area contributed by atoms with Crippen molar-refractivity contribution >= 4 is 11.9 Å². The van der Waals surface area contributed by atoms with Gasteiger partial charge in [-0.1, -0.05) is 208 Å². The first-order valence-corrected chi connectivity index (χ1v) is 30.2. The number of hydrogen-bond donors (Lipinski definition) is 7. The quantitative estimate of drug-likeness (QED) is 0.0171. The van der Waals surface area contributed by atoms with Crippen molar-refractivity contribution in [3.63, 3.8) is 0 Å². The molecule has 2 rings (SSSR count). The zero-order chi connectivity index (χ0) is 56.7. The second-order valence-corrected chi connectivity index (χ2v) is 20.8. The molecule has 0 aromatic heterocycles. The van der Waals surface area contributed by atoms with Gasteiger partial charge in [-0.25, -0.2) is 0 Å². The van der Waals surface area contributed by atoms with Gasteiger partial charge in [0.05, 0.1) is 19.8 Å². The van der Waals surface area contributed by atoms with Crippen molar-refractivity contribution in [1.29, 1.82) is 0 Å². The molecule has 15 nitrogen and oxygen atoms in total. The van der Waals surface area contributed by atoms with Crippen molar-refractivity contribution in [2.24, 2.45) is 0 Å². The van der Waals surface area contributed by atoms with Crippen LogP contribution in [-0.4, -0.2) is 142 Å². The Hall–Kier alpha value is -3.32. The molecule has 2 saturated heterocycles. The molecule has 7 N–H and O–H groups in total. The Bertz CT molecular complexity index is 1670. The predicted molar refractivity (Wildman–Crippen MR) is 307 cm³/mol. The van der Waals surface area contributed by atoms with Crippen molar-refractivity contribution < 1.29 is 73.8 Å². The van der Waals surface area contributed by atoms with E-state index in [0.29, 0.717) is 19.3 Å². The van der Waals surface area contributed by atoms with Crippen LogP contribution in [0.3, 0.4) is 0 Å². The van der Waals surface area contributed by atoms with Gasteiger partial charge in [-0.15, -0.1) is 0 Å². The van der Waals surface area contributed by atoms with Crippen LogP contribution in [0, 0.1) is 0 Å². The third-order valence-electron chi connectivity index (χ3n) is 13.9. The SMILES string of the molecule is CC/C=C/C/C=C/C/C=C/C/C=C/C/C=C/C/C=C/CCC(=O)OC[C@H](CO[C@H]1O[C@@H](CO[C@H]2O[C@@H](CO)[C@@H](O)C(O)C2O)[C@@H](O)C(O)C1O)OC(=O)CCC/C=C/CCCCCCCCCCCCCCCCCCCC.